The highest BCUT2D eigenvalue weighted by Gasteiger charge is 2.32. The minimum Gasteiger partial charge on any atom is -0.393 e. The van der Waals surface area contributed by atoms with E-state index in [0.717, 1.165) is 31.3 Å². The van der Waals surface area contributed by atoms with Gasteiger partial charge in [-0.3, -0.25) is 4.90 Å². The summed E-state index contributed by atoms with van der Waals surface area (Å²) in [6.45, 7) is 11.2. The Bertz CT molecular complexity index is 401. The third kappa shape index (κ3) is 4.80. The van der Waals surface area contributed by atoms with Crippen molar-refractivity contribution in [2.24, 2.45) is 17.8 Å². The lowest BCUT2D eigenvalue weighted by molar-refractivity contribution is 0.0117. The molecule has 2 nitrogen and oxygen atoms in total. The van der Waals surface area contributed by atoms with Gasteiger partial charge in [0.15, 0.2) is 0 Å². The van der Waals surface area contributed by atoms with Crippen LogP contribution >= 0.6 is 11.3 Å². The number of hydrogen-bond donors (Lipinski definition) is 1. The normalized spacial score (nSPS) is 27.0. The maximum atomic E-state index is 10.4. The molecule has 0 aromatic carbocycles. The standard InChI is InChI=1S/C18H31NOS/c1-13(2)15-7-8-18(20)16(10-15)11-19(14(3)4)12-17-6-5-9-21-17/h5-6,9,13-16,18,20H,7-8,10-12H2,1-4H3. The van der Waals surface area contributed by atoms with Crippen LogP contribution in [-0.4, -0.2) is 28.7 Å². The second-order valence-electron chi connectivity index (χ2n) is 7.25. The fourth-order valence-electron chi connectivity index (χ4n) is 3.45. The Morgan fingerprint density at radius 1 is 1.29 bits per heavy atom. The fraction of sp³-hybridized carbons (Fsp3) is 0.778. The third-order valence-corrected chi connectivity index (χ3v) is 5.93. The summed E-state index contributed by atoms with van der Waals surface area (Å²) in [6.07, 6.45) is 3.26. The van der Waals surface area contributed by atoms with E-state index >= 15 is 0 Å². The van der Waals surface area contributed by atoms with Gasteiger partial charge in [0.05, 0.1) is 6.10 Å². The molecule has 1 saturated carbocycles. The number of nitrogens with zero attached hydrogens (tertiary/aromatic N) is 1. The molecule has 120 valence electrons. The van der Waals surface area contributed by atoms with Crippen LogP contribution in [-0.2, 0) is 6.54 Å². The molecule has 1 aromatic heterocycles. The maximum absolute atomic E-state index is 10.4. The van der Waals surface area contributed by atoms with Gasteiger partial charge >= 0.3 is 0 Å². The van der Waals surface area contributed by atoms with Gasteiger partial charge in [0.2, 0.25) is 0 Å². The topological polar surface area (TPSA) is 23.5 Å². The molecule has 1 N–H and O–H groups in total. The van der Waals surface area contributed by atoms with Crippen LogP contribution in [0.3, 0.4) is 0 Å². The van der Waals surface area contributed by atoms with Crippen LogP contribution in [0.2, 0.25) is 0 Å². The van der Waals surface area contributed by atoms with Gasteiger partial charge in [-0.2, -0.15) is 0 Å². The molecule has 0 amide bonds. The molecule has 0 bridgehead atoms. The van der Waals surface area contributed by atoms with Crippen LogP contribution < -0.4 is 0 Å². The molecule has 3 atom stereocenters. The van der Waals surface area contributed by atoms with Crippen molar-refractivity contribution in [3.63, 3.8) is 0 Å². The minimum atomic E-state index is -0.107. The van der Waals surface area contributed by atoms with Crippen LogP contribution in [0.4, 0.5) is 0 Å². The summed E-state index contributed by atoms with van der Waals surface area (Å²) in [5.74, 6) is 1.97. The zero-order chi connectivity index (χ0) is 15.4. The van der Waals surface area contributed by atoms with Gasteiger partial charge in [0.1, 0.15) is 0 Å². The fourth-order valence-corrected chi connectivity index (χ4v) is 4.18. The van der Waals surface area contributed by atoms with E-state index in [1.807, 2.05) is 11.3 Å². The highest BCUT2D eigenvalue weighted by Crippen LogP contribution is 2.35. The van der Waals surface area contributed by atoms with Crippen molar-refractivity contribution in [3.8, 4) is 0 Å². The van der Waals surface area contributed by atoms with E-state index in [2.05, 4.69) is 50.1 Å². The van der Waals surface area contributed by atoms with Gasteiger partial charge in [-0.05, 0) is 62.3 Å². The zero-order valence-corrected chi connectivity index (χ0v) is 14.8. The number of aliphatic hydroxyl groups excluding tert-OH is 1. The molecule has 3 heteroatoms. The predicted molar refractivity (Wildman–Crippen MR) is 91.5 cm³/mol. The monoisotopic (exact) mass is 309 g/mol. The first-order valence-corrected chi connectivity index (χ1v) is 9.29. The Kier molecular flexibility index (Phi) is 6.27. The lowest BCUT2D eigenvalue weighted by Crippen LogP contribution is -2.42. The molecule has 0 saturated heterocycles. The summed E-state index contributed by atoms with van der Waals surface area (Å²) >= 11 is 1.83. The highest BCUT2D eigenvalue weighted by molar-refractivity contribution is 7.09. The quantitative estimate of drug-likeness (QED) is 0.842. The molecule has 0 spiro atoms. The number of hydrogen-bond acceptors (Lipinski definition) is 3. The lowest BCUT2D eigenvalue weighted by Gasteiger charge is -2.39. The van der Waals surface area contributed by atoms with Gasteiger partial charge in [-0.25, -0.2) is 0 Å². The average Bonchev–Trinajstić information content (AvgIpc) is 2.92. The predicted octanol–water partition coefficient (Wildman–Crippen LogP) is 4.39. The lowest BCUT2D eigenvalue weighted by atomic mass is 9.74. The van der Waals surface area contributed by atoms with Crippen molar-refractivity contribution in [1.29, 1.82) is 0 Å². The molecule has 2 rings (SSSR count). The van der Waals surface area contributed by atoms with Crippen LogP contribution in [0.15, 0.2) is 17.5 Å². The van der Waals surface area contributed by atoms with E-state index < -0.39 is 0 Å². The van der Waals surface area contributed by atoms with E-state index in [-0.39, 0.29) is 6.10 Å². The first-order chi connectivity index (χ1) is 9.97. The molecule has 3 unspecified atom stereocenters. The van der Waals surface area contributed by atoms with Crippen molar-refractivity contribution in [2.45, 2.75) is 65.6 Å². The van der Waals surface area contributed by atoms with E-state index in [4.69, 9.17) is 0 Å². The SMILES string of the molecule is CC(C)C1CCC(O)C(CN(Cc2cccs2)C(C)C)C1. The Hall–Kier alpha value is -0.380. The van der Waals surface area contributed by atoms with E-state index in [9.17, 15) is 5.11 Å². The second kappa shape index (κ2) is 7.75. The summed E-state index contributed by atoms with van der Waals surface area (Å²) in [7, 11) is 0. The molecule has 1 aliphatic carbocycles. The van der Waals surface area contributed by atoms with Crippen LogP contribution in [0.5, 0.6) is 0 Å². The smallest absolute Gasteiger partial charge is 0.0580 e. The van der Waals surface area contributed by atoms with Crippen molar-refractivity contribution in [3.05, 3.63) is 22.4 Å². The summed E-state index contributed by atoms with van der Waals surface area (Å²) in [5, 5.41) is 12.6. The molecule has 1 aromatic rings. The van der Waals surface area contributed by atoms with Gasteiger partial charge in [0.25, 0.3) is 0 Å². The molecular weight excluding hydrogens is 278 g/mol. The molecule has 21 heavy (non-hydrogen) atoms. The van der Waals surface area contributed by atoms with Gasteiger partial charge in [0, 0.05) is 24.0 Å². The van der Waals surface area contributed by atoms with Gasteiger partial charge in [-0.1, -0.05) is 19.9 Å². The van der Waals surface area contributed by atoms with Crippen molar-refractivity contribution in [1.82, 2.24) is 4.90 Å². The molecule has 1 aliphatic rings. The number of aliphatic hydroxyl groups is 1. The first-order valence-electron chi connectivity index (χ1n) is 8.41. The van der Waals surface area contributed by atoms with Crippen molar-refractivity contribution < 1.29 is 5.11 Å². The summed E-state index contributed by atoms with van der Waals surface area (Å²) in [5.41, 5.74) is 0. The van der Waals surface area contributed by atoms with Crippen LogP contribution in [0.1, 0.15) is 51.8 Å². The number of thiophene rings is 1. The van der Waals surface area contributed by atoms with Crippen LogP contribution in [0, 0.1) is 17.8 Å². The van der Waals surface area contributed by atoms with E-state index in [0.29, 0.717) is 12.0 Å². The summed E-state index contributed by atoms with van der Waals surface area (Å²) in [6, 6.07) is 4.87. The average molecular weight is 310 g/mol. The molecular formula is C18H31NOS. The third-order valence-electron chi connectivity index (χ3n) is 5.06. The number of rotatable bonds is 6. The van der Waals surface area contributed by atoms with Gasteiger partial charge in [-0.15, -0.1) is 11.3 Å². The van der Waals surface area contributed by atoms with E-state index in [1.54, 1.807) is 0 Å². The zero-order valence-electron chi connectivity index (χ0n) is 14.0. The summed E-state index contributed by atoms with van der Waals surface area (Å²) < 4.78 is 0. The Morgan fingerprint density at radius 2 is 2.05 bits per heavy atom. The first kappa shape index (κ1) is 17.0. The largest absolute Gasteiger partial charge is 0.393 e. The molecule has 0 radical (unpaired) electrons. The van der Waals surface area contributed by atoms with Crippen LogP contribution in [0.25, 0.3) is 0 Å². The van der Waals surface area contributed by atoms with E-state index in [1.165, 1.54) is 17.7 Å². The molecule has 1 fully saturated rings. The highest BCUT2D eigenvalue weighted by atomic mass is 32.1. The molecule has 1 heterocycles. The maximum Gasteiger partial charge on any atom is 0.0580 e. The Labute approximate surface area is 134 Å². The van der Waals surface area contributed by atoms with Gasteiger partial charge < -0.3 is 5.11 Å². The molecule has 0 aliphatic heterocycles. The van der Waals surface area contributed by atoms with Crippen molar-refractivity contribution >= 4 is 11.3 Å². The Morgan fingerprint density at radius 3 is 2.62 bits per heavy atom. The van der Waals surface area contributed by atoms with Crippen molar-refractivity contribution in [2.75, 3.05) is 6.54 Å². The summed E-state index contributed by atoms with van der Waals surface area (Å²) in [4.78, 5) is 3.96. The minimum absolute atomic E-state index is 0.107. The second-order valence-corrected chi connectivity index (χ2v) is 8.28. The Balaban J connectivity index is 1.97.